The predicted molar refractivity (Wildman–Crippen MR) is 153 cm³/mol. The minimum Gasteiger partial charge on any atom is -0.497 e. The van der Waals surface area contributed by atoms with Crippen LogP contribution in [0.1, 0.15) is 48.0 Å². The quantitative estimate of drug-likeness (QED) is 0.335. The Morgan fingerprint density at radius 1 is 1.02 bits per heavy atom. The van der Waals surface area contributed by atoms with E-state index in [0.29, 0.717) is 17.0 Å². The third kappa shape index (κ3) is 5.81. The lowest BCUT2D eigenvalue weighted by molar-refractivity contribution is -0.141. The van der Waals surface area contributed by atoms with E-state index in [-0.39, 0.29) is 47.9 Å². The minimum absolute atomic E-state index is 0.0137. The Bertz CT molecular complexity index is 1680. The SMILES string of the molecule is COc1ccc(-n2nc(C(F)(F)F)c3c2C(=O)N(c2ccc(C(=O)N(C)C)cc2)CC3)c(C(=O)NCc2ccccc2)c1. The minimum atomic E-state index is -4.84. The highest BCUT2D eigenvalue weighted by Gasteiger charge is 2.43. The summed E-state index contributed by atoms with van der Waals surface area (Å²) in [6.07, 6.45) is -4.96. The Hall–Kier alpha value is -5.13. The van der Waals surface area contributed by atoms with E-state index in [1.54, 1.807) is 38.4 Å². The van der Waals surface area contributed by atoms with E-state index in [2.05, 4.69) is 10.4 Å². The second-order valence-corrected chi connectivity index (χ2v) is 10.1. The second kappa shape index (κ2) is 11.6. The second-order valence-electron chi connectivity index (χ2n) is 10.1. The van der Waals surface area contributed by atoms with E-state index < -0.39 is 23.7 Å². The number of benzene rings is 3. The Labute approximate surface area is 245 Å². The summed E-state index contributed by atoms with van der Waals surface area (Å²) in [5.74, 6) is -1.24. The Morgan fingerprint density at radius 2 is 1.72 bits per heavy atom. The first-order valence-electron chi connectivity index (χ1n) is 13.3. The van der Waals surface area contributed by atoms with Gasteiger partial charge < -0.3 is 19.9 Å². The number of methoxy groups -OCH3 is 1. The molecule has 4 aromatic rings. The van der Waals surface area contributed by atoms with Crippen LogP contribution in [0.3, 0.4) is 0 Å². The normalized spacial score (nSPS) is 13.0. The molecule has 0 atom stereocenters. The smallest absolute Gasteiger partial charge is 0.435 e. The number of amides is 3. The molecule has 1 aromatic heterocycles. The highest BCUT2D eigenvalue weighted by atomic mass is 19.4. The van der Waals surface area contributed by atoms with Crippen molar-refractivity contribution in [3.8, 4) is 11.4 Å². The van der Waals surface area contributed by atoms with Crippen LogP contribution in [0.2, 0.25) is 0 Å². The molecule has 3 amide bonds. The van der Waals surface area contributed by atoms with Gasteiger partial charge in [0.2, 0.25) is 0 Å². The topological polar surface area (TPSA) is 96.8 Å². The van der Waals surface area contributed by atoms with Crippen molar-refractivity contribution in [2.45, 2.75) is 19.1 Å². The molecule has 0 fully saturated rings. The lowest BCUT2D eigenvalue weighted by atomic mass is 10.0. The molecule has 9 nitrogen and oxygen atoms in total. The number of carbonyl (C=O) groups excluding carboxylic acids is 3. The average Bonchev–Trinajstić information content (AvgIpc) is 3.41. The van der Waals surface area contributed by atoms with Gasteiger partial charge in [-0.05, 0) is 54.4 Å². The van der Waals surface area contributed by atoms with Crippen molar-refractivity contribution < 1.29 is 32.3 Å². The van der Waals surface area contributed by atoms with Gasteiger partial charge in [0.25, 0.3) is 17.7 Å². The molecule has 0 unspecified atom stereocenters. The van der Waals surface area contributed by atoms with Gasteiger partial charge in [-0.25, -0.2) is 4.68 Å². The van der Waals surface area contributed by atoms with Gasteiger partial charge in [0.05, 0.1) is 18.4 Å². The number of ether oxygens (including phenoxy) is 1. The van der Waals surface area contributed by atoms with Gasteiger partial charge in [0, 0.05) is 44.0 Å². The van der Waals surface area contributed by atoms with Crippen LogP contribution in [0.4, 0.5) is 18.9 Å². The zero-order valence-electron chi connectivity index (χ0n) is 23.6. The number of hydrogen-bond acceptors (Lipinski definition) is 5. The molecule has 3 aromatic carbocycles. The van der Waals surface area contributed by atoms with Crippen LogP contribution in [0.5, 0.6) is 5.75 Å². The molecule has 0 spiro atoms. The van der Waals surface area contributed by atoms with E-state index in [1.807, 2.05) is 30.3 Å². The van der Waals surface area contributed by atoms with E-state index >= 15 is 0 Å². The van der Waals surface area contributed by atoms with Crippen molar-refractivity contribution >= 4 is 23.4 Å². The summed E-state index contributed by atoms with van der Waals surface area (Å²) in [5.41, 5.74) is -0.149. The molecule has 5 rings (SSSR count). The summed E-state index contributed by atoms with van der Waals surface area (Å²) in [6.45, 7) is 0.134. The first-order chi connectivity index (χ1) is 20.5. The van der Waals surface area contributed by atoms with Crippen molar-refractivity contribution in [1.82, 2.24) is 20.0 Å². The average molecular weight is 592 g/mol. The van der Waals surface area contributed by atoms with Crippen molar-refractivity contribution in [2.24, 2.45) is 0 Å². The number of nitrogens with one attached hydrogen (secondary N) is 1. The zero-order valence-corrected chi connectivity index (χ0v) is 23.6. The van der Waals surface area contributed by atoms with E-state index in [4.69, 9.17) is 4.74 Å². The molecular weight excluding hydrogens is 563 g/mol. The lowest BCUT2D eigenvalue weighted by Crippen LogP contribution is -2.39. The summed E-state index contributed by atoms with van der Waals surface area (Å²) in [7, 11) is 4.62. The summed E-state index contributed by atoms with van der Waals surface area (Å²) < 4.78 is 48.7. The van der Waals surface area contributed by atoms with E-state index in [9.17, 15) is 27.6 Å². The Kier molecular flexibility index (Phi) is 7.94. The molecule has 0 bridgehead atoms. The summed E-state index contributed by atoms with van der Waals surface area (Å²) in [6, 6.07) is 19.6. The standard InChI is InChI=1S/C31H28F3N5O4/c1-37(2)29(41)20-9-11-21(12-10-20)38-16-15-23-26(30(38)42)39(36-27(23)31(32,33)34)25-14-13-22(43-3)17-24(25)28(40)35-18-19-7-5-4-6-8-19/h4-14,17H,15-16,18H2,1-3H3,(H,35,40). The van der Waals surface area contributed by atoms with Crippen molar-refractivity contribution in [3.05, 3.63) is 106 Å². The van der Waals surface area contributed by atoms with Crippen LogP contribution in [-0.2, 0) is 19.1 Å². The maximum atomic E-state index is 14.2. The van der Waals surface area contributed by atoms with Crippen molar-refractivity contribution in [3.63, 3.8) is 0 Å². The molecule has 43 heavy (non-hydrogen) atoms. The number of aromatic nitrogens is 2. The largest absolute Gasteiger partial charge is 0.497 e. The van der Waals surface area contributed by atoms with Crippen LogP contribution in [-0.4, -0.2) is 60.2 Å². The monoisotopic (exact) mass is 591 g/mol. The molecule has 0 radical (unpaired) electrons. The van der Waals surface area contributed by atoms with Crippen molar-refractivity contribution in [2.75, 3.05) is 32.6 Å². The van der Waals surface area contributed by atoms with Gasteiger partial charge in [-0.15, -0.1) is 0 Å². The third-order valence-corrected chi connectivity index (χ3v) is 7.09. The van der Waals surface area contributed by atoms with Crippen LogP contribution < -0.4 is 15.0 Å². The molecule has 1 N–H and O–H groups in total. The van der Waals surface area contributed by atoms with Crippen LogP contribution in [0.25, 0.3) is 5.69 Å². The summed E-state index contributed by atoms with van der Waals surface area (Å²) in [4.78, 5) is 42.3. The third-order valence-electron chi connectivity index (χ3n) is 7.09. The van der Waals surface area contributed by atoms with Gasteiger partial charge in [-0.2, -0.15) is 18.3 Å². The highest BCUT2D eigenvalue weighted by Crippen LogP contribution is 2.38. The molecule has 2 heterocycles. The predicted octanol–water partition coefficient (Wildman–Crippen LogP) is 4.73. The molecule has 0 aliphatic carbocycles. The summed E-state index contributed by atoms with van der Waals surface area (Å²) >= 11 is 0. The van der Waals surface area contributed by atoms with E-state index in [1.165, 1.54) is 35.1 Å². The maximum Gasteiger partial charge on any atom is 0.435 e. The Balaban J connectivity index is 1.57. The number of anilines is 1. The summed E-state index contributed by atoms with van der Waals surface area (Å²) in [5, 5.41) is 6.64. The molecule has 12 heteroatoms. The number of rotatable bonds is 7. The van der Waals surface area contributed by atoms with Crippen LogP contribution >= 0.6 is 0 Å². The number of halogens is 3. The fourth-order valence-electron chi connectivity index (χ4n) is 4.93. The molecule has 1 aliphatic heterocycles. The number of carbonyl (C=O) groups is 3. The highest BCUT2D eigenvalue weighted by molar-refractivity contribution is 6.08. The van der Waals surface area contributed by atoms with Gasteiger partial charge >= 0.3 is 6.18 Å². The lowest BCUT2D eigenvalue weighted by Gasteiger charge is -2.28. The van der Waals surface area contributed by atoms with E-state index in [0.717, 1.165) is 10.2 Å². The van der Waals surface area contributed by atoms with Gasteiger partial charge in [0.15, 0.2) is 5.69 Å². The number of fused-ring (bicyclic) bond motifs is 1. The van der Waals surface area contributed by atoms with Crippen LogP contribution in [0, 0.1) is 0 Å². The van der Waals surface area contributed by atoms with Crippen molar-refractivity contribution in [1.29, 1.82) is 0 Å². The zero-order chi connectivity index (χ0) is 30.9. The molecule has 222 valence electrons. The fraction of sp³-hybridized carbons (Fsp3) is 0.226. The Morgan fingerprint density at radius 3 is 2.35 bits per heavy atom. The number of alkyl halides is 3. The number of hydrogen-bond donors (Lipinski definition) is 1. The van der Waals surface area contributed by atoms with Gasteiger partial charge in [-0.3, -0.25) is 14.4 Å². The molecule has 0 saturated carbocycles. The maximum absolute atomic E-state index is 14.2. The first kappa shape index (κ1) is 29.4. The fourth-order valence-corrected chi connectivity index (χ4v) is 4.93. The first-order valence-corrected chi connectivity index (χ1v) is 13.3. The van der Waals surface area contributed by atoms with Gasteiger partial charge in [0.1, 0.15) is 11.4 Å². The molecular formula is C31H28F3N5O4. The molecule has 1 aliphatic rings. The number of nitrogens with zero attached hydrogens (tertiary/aromatic N) is 4. The van der Waals surface area contributed by atoms with Gasteiger partial charge in [-0.1, -0.05) is 30.3 Å². The molecule has 0 saturated heterocycles. The van der Waals surface area contributed by atoms with Crippen LogP contribution in [0.15, 0.2) is 72.8 Å².